The molecule has 9 nitrogen and oxygen atoms in total. The van der Waals surface area contributed by atoms with Crippen LogP contribution in [0.15, 0.2) is 35.5 Å². The van der Waals surface area contributed by atoms with Gasteiger partial charge in [0.05, 0.1) is 24.8 Å². The molecule has 0 aliphatic carbocycles. The average molecular weight is 431 g/mol. The molecule has 1 aromatic rings. The summed E-state index contributed by atoms with van der Waals surface area (Å²) >= 11 is 0. The Morgan fingerprint density at radius 1 is 1.06 bits per heavy atom. The molecule has 0 bridgehead atoms. The highest BCUT2D eigenvalue weighted by molar-refractivity contribution is 5.95. The molecular weight excluding hydrogens is 400 g/mol. The van der Waals surface area contributed by atoms with Crippen LogP contribution < -0.4 is 15.4 Å². The molecule has 0 spiro atoms. The summed E-state index contributed by atoms with van der Waals surface area (Å²) in [6.45, 7) is 8.96. The van der Waals surface area contributed by atoms with Gasteiger partial charge in [0.15, 0.2) is 0 Å². The zero-order valence-corrected chi connectivity index (χ0v) is 18.3. The van der Waals surface area contributed by atoms with Gasteiger partial charge in [0.25, 0.3) is 0 Å². The smallest absolute Gasteiger partial charge is 0.338 e. The second-order valence-corrected chi connectivity index (χ2v) is 7.43. The molecule has 9 heteroatoms. The minimum absolute atomic E-state index is 0.0526. The molecule has 1 atom stereocenters. The molecule has 1 unspecified atom stereocenters. The van der Waals surface area contributed by atoms with Gasteiger partial charge in [0, 0.05) is 45.3 Å². The van der Waals surface area contributed by atoms with E-state index in [9.17, 15) is 14.4 Å². The highest BCUT2D eigenvalue weighted by Gasteiger charge is 2.34. The Hall–Kier alpha value is -3.07. The first-order chi connectivity index (χ1) is 14.9. The van der Waals surface area contributed by atoms with Gasteiger partial charge in [0.2, 0.25) is 5.91 Å². The summed E-state index contributed by atoms with van der Waals surface area (Å²) in [4.78, 5) is 40.8. The van der Waals surface area contributed by atoms with Gasteiger partial charge in [0.1, 0.15) is 5.75 Å². The second kappa shape index (κ2) is 10.3. The van der Waals surface area contributed by atoms with E-state index in [1.165, 1.54) is 0 Å². The lowest BCUT2D eigenvalue weighted by Gasteiger charge is -2.36. The number of amides is 3. The molecule has 2 aliphatic heterocycles. The van der Waals surface area contributed by atoms with Crippen LogP contribution in [-0.2, 0) is 14.3 Å². The fourth-order valence-corrected chi connectivity index (χ4v) is 3.81. The molecule has 2 aliphatic rings. The molecule has 168 valence electrons. The molecular formula is C22H30N4O5. The van der Waals surface area contributed by atoms with Crippen molar-refractivity contribution in [2.24, 2.45) is 0 Å². The van der Waals surface area contributed by atoms with E-state index in [1.54, 1.807) is 18.7 Å². The van der Waals surface area contributed by atoms with Crippen LogP contribution in [0.1, 0.15) is 32.4 Å². The zero-order chi connectivity index (χ0) is 22.4. The Morgan fingerprint density at radius 3 is 2.32 bits per heavy atom. The van der Waals surface area contributed by atoms with Crippen LogP contribution >= 0.6 is 0 Å². The van der Waals surface area contributed by atoms with Gasteiger partial charge < -0.3 is 25.0 Å². The summed E-state index contributed by atoms with van der Waals surface area (Å²) in [6.07, 6.45) is 0. The van der Waals surface area contributed by atoms with Crippen molar-refractivity contribution in [1.82, 2.24) is 20.4 Å². The van der Waals surface area contributed by atoms with Crippen LogP contribution in [0, 0.1) is 0 Å². The van der Waals surface area contributed by atoms with Gasteiger partial charge in [-0.3, -0.25) is 9.69 Å². The number of benzene rings is 1. The van der Waals surface area contributed by atoms with E-state index < -0.39 is 12.0 Å². The second-order valence-electron chi connectivity index (χ2n) is 7.43. The number of rotatable bonds is 7. The number of nitrogens with zero attached hydrogens (tertiary/aromatic N) is 2. The summed E-state index contributed by atoms with van der Waals surface area (Å²) in [5.41, 5.74) is 1.68. The fourth-order valence-electron chi connectivity index (χ4n) is 3.81. The van der Waals surface area contributed by atoms with Crippen LogP contribution in [0.2, 0.25) is 0 Å². The maximum Gasteiger partial charge on any atom is 0.338 e. The Balaban J connectivity index is 1.88. The van der Waals surface area contributed by atoms with Gasteiger partial charge in [-0.15, -0.1) is 0 Å². The third kappa shape index (κ3) is 5.55. The molecule has 2 heterocycles. The lowest BCUT2D eigenvalue weighted by Crippen LogP contribution is -2.52. The first-order valence-corrected chi connectivity index (χ1v) is 10.6. The van der Waals surface area contributed by atoms with Crippen molar-refractivity contribution >= 4 is 17.9 Å². The fraction of sp³-hybridized carbons (Fsp3) is 0.500. The Kier molecular flexibility index (Phi) is 7.51. The number of nitrogens with one attached hydrogen (secondary N) is 2. The molecule has 1 fully saturated rings. The van der Waals surface area contributed by atoms with Crippen LogP contribution in [-0.4, -0.2) is 73.6 Å². The standard InChI is InChI=1S/C22H30N4O5/c1-4-30-17-8-6-16(7-9-17)20-19(21(28)31-5-2)18(23-22(29)24-20)14-25-10-12-26(13-11-25)15(3)27/h6-9,20H,4-5,10-14H2,1-3H3,(H2,23,24,29). The molecule has 1 aromatic carbocycles. The van der Waals surface area contributed by atoms with Crippen molar-refractivity contribution in [1.29, 1.82) is 0 Å². The van der Waals surface area contributed by atoms with Crippen LogP contribution in [0.3, 0.4) is 0 Å². The monoisotopic (exact) mass is 430 g/mol. The van der Waals surface area contributed by atoms with Gasteiger partial charge >= 0.3 is 12.0 Å². The maximum absolute atomic E-state index is 12.9. The van der Waals surface area contributed by atoms with Crippen molar-refractivity contribution in [3.63, 3.8) is 0 Å². The van der Waals surface area contributed by atoms with Gasteiger partial charge in [-0.05, 0) is 31.5 Å². The van der Waals surface area contributed by atoms with E-state index in [0.29, 0.717) is 50.6 Å². The topological polar surface area (TPSA) is 100 Å². The Bertz CT molecular complexity index is 844. The number of carbonyl (C=O) groups is 3. The number of piperazine rings is 1. The number of esters is 1. The molecule has 3 amide bonds. The van der Waals surface area contributed by atoms with E-state index in [2.05, 4.69) is 15.5 Å². The maximum atomic E-state index is 12.9. The number of hydrogen-bond acceptors (Lipinski definition) is 6. The number of urea groups is 1. The van der Waals surface area contributed by atoms with E-state index in [-0.39, 0.29) is 18.5 Å². The van der Waals surface area contributed by atoms with Gasteiger partial charge in [-0.2, -0.15) is 0 Å². The molecule has 1 saturated heterocycles. The lowest BCUT2D eigenvalue weighted by molar-refractivity contribution is -0.139. The van der Waals surface area contributed by atoms with Crippen LogP contribution in [0.5, 0.6) is 5.75 Å². The minimum Gasteiger partial charge on any atom is -0.494 e. The van der Waals surface area contributed by atoms with Crippen molar-refractivity contribution < 1.29 is 23.9 Å². The zero-order valence-electron chi connectivity index (χ0n) is 18.3. The molecule has 0 radical (unpaired) electrons. The largest absolute Gasteiger partial charge is 0.494 e. The number of hydrogen-bond donors (Lipinski definition) is 2. The van der Waals surface area contributed by atoms with Gasteiger partial charge in [-0.1, -0.05) is 12.1 Å². The first kappa shape index (κ1) is 22.6. The van der Waals surface area contributed by atoms with Gasteiger partial charge in [-0.25, -0.2) is 9.59 Å². The first-order valence-electron chi connectivity index (χ1n) is 10.6. The molecule has 0 saturated carbocycles. The molecule has 0 aromatic heterocycles. The normalized spacial score (nSPS) is 19.5. The third-order valence-corrected chi connectivity index (χ3v) is 5.37. The Morgan fingerprint density at radius 2 is 1.74 bits per heavy atom. The summed E-state index contributed by atoms with van der Waals surface area (Å²) in [5, 5.41) is 5.64. The number of ether oxygens (including phenoxy) is 2. The molecule has 3 rings (SSSR count). The lowest BCUT2D eigenvalue weighted by atomic mass is 9.94. The SMILES string of the molecule is CCOC(=O)C1=C(CN2CCN(C(C)=O)CC2)NC(=O)NC1c1ccc(OCC)cc1. The summed E-state index contributed by atoms with van der Waals surface area (Å²) in [7, 11) is 0. The van der Waals surface area contributed by atoms with Crippen molar-refractivity contribution in [2.75, 3.05) is 45.9 Å². The molecule has 2 N–H and O–H groups in total. The Labute approximate surface area is 182 Å². The van der Waals surface area contributed by atoms with Crippen LogP contribution in [0.4, 0.5) is 4.79 Å². The predicted octanol–water partition coefficient (Wildman–Crippen LogP) is 1.42. The van der Waals surface area contributed by atoms with E-state index in [0.717, 1.165) is 11.3 Å². The molecule has 31 heavy (non-hydrogen) atoms. The van der Waals surface area contributed by atoms with Crippen molar-refractivity contribution in [3.05, 3.63) is 41.1 Å². The summed E-state index contributed by atoms with van der Waals surface area (Å²) < 4.78 is 10.8. The van der Waals surface area contributed by atoms with E-state index >= 15 is 0 Å². The van der Waals surface area contributed by atoms with E-state index in [1.807, 2.05) is 31.2 Å². The summed E-state index contributed by atoms with van der Waals surface area (Å²) in [5.74, 6) is 0.305. The third-order valence-electron chi connectivity index (χ3n) is 5.37. The van der Waals surface area contributed by atoms with Crippen molar-refractivity contribution in [2.45, 2.75) is 26.8 Å². The summed E-state index contributed by atoms with van der Waals surface area (Å²) in [6, 6.07) is 6.31. The highest BCUT2D eigenvalue weighted by Crippen LogP contribution is 2.29. The average Bonchev–Trinajstić information content (AvgIpc) is 2.74. The number of carbonyl (C=O) groups excluding carboxylic acids is 3. The van der Waals surface area contributed by atoms with Crippen LogP contribution in [0.25, 0.3) is 0 Å². The quantitative estimate of drug-likeness (QED) is 0.635. The predicted molar refractivity (Wildman–Crippen MR) is 114 cm³/mol. The van der Waals surface area contributed by atoms with E-state index in [4.69, 9.17) is 9.47 Å². The highest BCUT2D eigenvalue weighted by atomic mass is 16.5. The minimum atomic E-state index is -0.628. The van der Waals surface area contributed by atoms with Crippen molar-refractivity contribution in [3.8, 4) is 5.75 Å².